The number of rotatable bonds is 5. The second kappa shape index (κ2) is 7.59. The summed E-state index contributed by atoms with van der Waals surface area (Å²) in [6, 6.07) is 3.42. The first-order chi connectivity index (χ1) is 11.6. The molecule has 0 bridgehead atoms. The third-order valence-corrected chi connectivity index (χ3v) is 4.27. The largest absolute Gasteiger partial charge is 0.460 e. The number of aromatic nitrogens is 1. The van der Waals surface area contributed by atoms with Gasteiger partial charge in [-0.1, -0.05) is 29.0 Å². The van der Waals surface area contributed by atoms with Gasteiger partial charge in [0.1, 0.15) is 12.8 Å². The number of carbonyl (C=O) groups excluding carboxylic acids is 1. The normalized spacial score (nSPS) is 12.8. The van der Waals surface area contributed by atoms with Crippen molar-refractivity contribution in [1.29, 1.82) is 0 Å². The molecule has 0 amide bonds. The van der Waals surface area contributed by atoms with Crippen molar-refractivity contribution in [1.82, 2.24) is 4.98 Å². The van der Waals surface area contributed by atoms with Crippen molar-refractivity contribution in [2.45, 2.75) is 32.9 Å². The first-order valence-electron chi connectivity index (χ1n) is 7.02. The quantitative estimate of drug-likeness (QED) is 0.584. The Morgan fingerprint density at radius 2 is 2.16 bits per heavy atom. The molecule has 25 heavy (non-hydrogen) atoms. The highest BCUT2D eigenvalue weighted by Gasteiger charge is 2.33. The number of ether oxygens (including phenoxy) is 1. The molecule has 1 heterocycles. The van der Waals surface area contributed by atoms with Gasteiger partial charge in [-0.3, -0.25) is 4.79 Å². The van der Waals surface area contributed by atoms with E-state index in [1.54, 1.807) is 0 Å². The lowest BCUT2D eigenvalue weighted by molar-refractivity contribution is -0.142. The number of hydrogen-bond acceptors (Lipinski definition) is 6. The van der Waals surface area contributed by atoms with E-state index < -0.39 is 29.0 Å². The Balaban J connectivity index is 2.49. The smallest absolute Gasteiger partial charge is 0.417 e. The minimum Gasteiger partial charge on any atom is -0.460 e. The van der Waals surface area contributed by atoms with Gasteiger partial charge in [0.2, 0.25) is 0 Å². The highest BCUT2D eigenvalue weighted by atomic mass is 35.5. The van der Waals surface area contributed by atoms with Crippen LogP contribution in [0.3, 0.4) is 0 Å². The van der Waals surface area contributed by atoms with E-state index in [0.717, 1.165) is 23.5 Å². The molecule has 0 fully saturated rings. The summed E-state index contributed by atoms with van der Waals surface area (Å²) in [6.45, 7) is 2.55. The SMILES string of the molecule is CC(=O)OCc1sc(NC(C)O)nc1-c1ccc(Cl)c(C(F)(F)F)c1. The van der Waals surface area contributed by atoms with E-state index in [1.165, 1.54) is 19.9 Å². The number of hydrogen-bond donors (Lipinski definition) is 2. The van der Waals surface area contributed by atoms with Gasteiger partial charge in [0.15, 0.2) is 5.13 Å². The minimum absolute atomic E-state index is 0.145. The van der Waals surface area contributed by atoms with Gasteiger partial charge in [0.05, 0.1) is 21.2 Å². The molecule has 0 aliphatic carbocycles. The summed E-state index contributed by atoms with van der Waals surface area (Å²) in [5.41, 5.74) is -0.589. The first kappa shape index (κ1) is 19.5. The van der Waals surface area contributed by atoms with E-state index in [2.05, 4.69) is 10.3 Å². The van der Waals surface area contributed by atoms with E-state index >= 15 is 0 Å². The van der Waals surface area contributed by atoms with Crippen LogP contribution in [0.25, 0.3) is 11.3 Å². The van der Waals surface area contributed by atoms with Crippen LogP contribution in [-0.2, 0) is 22.3 Å². The average molecular weight is 395 g/mol. The molecule has 2 rings (SSSR count). The van der Waals surface area contributed by atoms with Crippen molar-refractivity contribution in [2.75, 3.05) is 5.32 Å². The summed E-state index contributed by atoms with van der Waals surface area (Å²) >= 11 is 6.70. The van der Waals surface area contributed by atoms with Crippen molar-refractivity contribution in [3.8, 4) is 11.3 Å². The molecular formula is C15H14ClF3N2O3S. The fourth-order valence-electron chi connectivity index (χ4n) is 1.97. The number of anilines is 1. The Morgan fingerprint density at radius 3 is 2.72 bits per heavy atom. The minimum atomic E-state index is -4.61. The maximum atomic E-state index is 13.1. The monoisotopic (exact) mass is 394 g/mol. The summed E-state index contributed by atoms with van der Waals surface area (Å²) < 4.78 is 44.1. The lowest BCUT2D eigenvalue weighted by Crippen LogP contribution is -2.12. The lowest BCUT2D eigenvalue weighted by Gasteiger charge is -2.11. The van der Waals surface area contributed by atoms with Crippen LogP contribution < -0.4 is 5.32 Å². The zero-order valence-corrected chi connectivity index (χ0v) is 14.7. The Morgan fingerprint density at radius 1 is 1.48 bits per heavy atom. The van der Waals surface area contributed by atoms with E-state index in [4.69, 9.17) is 16.3 Å². The molecule has 0 saturated carbocycles. The van der Waals surface area contributed by atoms with Gasteiger partial charge in [0.25, 0.3) is 0 Å². The van der Waals surface area contributed by atoms with Crippen LogP contribution in [0, 0.1) is 0 Å². The molecule has 10 heteroatoms. The number of carbonyl (C=O) groups is 1. The topological polar surface area (TPSA) is 71.5 Å². The Hall–Kier alpha value is -1.84. The number of halogens is 4. The third-order valence-electron chi connectivity index (χ3n) is 2.98. The van der Waals surface area contributed by atoms with E-state index in [9.17, 15) is 23.1 Å². The predicted molar refractivity (Wildman–Crippen MR) is 88.3 cm³/mol. The fraction of sp³-hybridized carbons (Fsp3) is 0.333. The number of esters is 1. The van der Waals surface area contributed by atoms with E-state index in [1.807, 2.05) is 0 Å². The van der Waals surface area contributed by atoms with Crippen LogP contribution in [0.2, 0.25) is 5.02 Å². The lowest BCUT2D eigenvalue weighted by atomic mass is 10.1. The van der Waals surface area contributed by atoms with E-state index in [-0.39, 0.29) is 23.0 Å². The summed E-state index contributed by atoms with van der Waals surface area (Å²) in [4.78, 5) is 15.7. The Kier molecular flexibility index (Phi) is 5.91. The van der Waals surface area contributed by atoms with Gasteiger partial charge in [-0.25, -0.2) is 4.98 Å². The van der Waals surface area contributed by atoms with E-state index in [0.29, 0.717) is 4.88 Å². The zero-order valence-electron chi connectivity index (χ0n) is 13.1. The molecule has 1 atom stereocenters. The zero-order chi connectivity index (χ0) is 18.8. The predicted octanol–water partition coefficient (Wildman–Crippen LogP) is 4.30. The summed E-state index contributed by atoms with van der Waals surface area (Å²) in [5.74, 6) is -0.531. The first-order valence-corrected chi connectivity index (χ1v) is 8.22. The molecular weight excluding hydrogens is 381 g/mol. The third kappa shape index (κ3) is 5.07. The van der Waals surface area contributed by atoms with Gasteiger partial charge in [0, 0.05) is 12.5 Å². The van der Waals surface area contributed by atoms with Crippen molar-refractivity contribution >= 4 is 34.0 Å². The molecule has 1 aromatic carbocycles. The second-order valence-electron chi connectivity index (χ2n) is 5.08. The fourth-order valence-corrected chi connectivity index (χ4v) is 3.18. The van der Waals surface area contributed by atoms with Gasteiger partial charge in [-0.2, -0.15) is 13.2 Å². The van der Waals surface area contributed by atoms with Crippen molar-refractivity contribution in [3.63, 3.8) is 0 Å². The maximum absolute atomic E-state index is 13.1. The summed E-state index contributed by atoms with van der Waals surface area (Å²) in [5, 5.41) is 11.9. The molecule has 2 N–H and O–H groups in total. The molecule has 0 aliphatic heterocycles. The van der Waals surface area contributed by atoms with Crippen molar-refractivity contribution in [2.24, 2.45) is 0 Å². The number of alkyl halides is 3. The van der Waals surface area contributed by atoms with Crippen LogP contribution in [0.15, 0.2) is 18.2 Å². The van der Waals surface area contributed by atoms with Crippen LogP contribution in [0.4, 0.5) is 18.3 Å². The number of aliphatic hydroxyl groups is 1. The van der Waals surface area contributed by atoms with Crippen LogP contribution >= 0.6 is 22.9 Å². The molecule has 0 saturated heterocycles. The molecule has 0 spiro atoms. The van der Waals surface area contributed by atoms with Gasteiger partial charge < -0.3 is 15.2 Å². The highest BCUT2D eigenvalue weighted by Crippen LogP contribution is 2.39. The van der Waals surface area contributed by atoms with Gasteiger partial charge >= 0.3 is 12.1 Å². The standard InChI is InChI=1S/C15H14ClF3N2O3S/c1-7(22)20-14-21-13(12(25-14)6-24-8(2)23)9-3-4-11(16)10(5-9)15(17,18)19/h3-5,7,22H,6H2,1-2H3,(H,20,21). The molecule has 0 aliphatic rings. The van der Waals surface area contributed by atoms with Gasteiger partial charge in [-0.05, 0) is 19.1 Å². The molecule has 2 aromatic rings. The maximum Gasteiger partial charge on any atom is 0.417 e. The highest BCUT2D eigenvalue weighted by molar-refractivity contribution is 7.16. The van der Waals surface area contributed by atoms with Crippen molar-refractivity contribution < 1.29 is 27.8 Å². The molecule has 5 nitrogen and oxygen atoms in total. The Labute approximate surface area is 150 Å². The van der Waals surface area contributed by atoms with Gasteiger partial charge in [-0.15, -0.1) is 0 Å². The molecule has 1 unspecified atom stereocenters. The number of nitrogens with one attached hydrogen (secondary N) is 1. The van der Waals surface area contributed by atoms with Crippen LogP contribution in [0.1, 0.15) is 24.3 Å². The second-order valence-corrected chi connectivity index (χ2v) is 6.57. The molecule has 0 radical (unpaired) electrons. The number of nitrogens with zero attached hydrogens (tertiary/aromatic N) is 1. The summed E-state index contributed by atoms with van der Waals surface area (Å²) in [6.07, 6.45) is -5.52. The van der Waals surface area contributed by atoms with Crippen LogP contribution in [-0.4, -0.2) is 22.3 Å². The number of aliphatic hydroxyl groups excluding tert-OH is 1. The summed E-state index contributed by atoms with van der Waals surface area (Å²) in [7, 11) is 0. The number of benzene rings is 1. The average Bonchev–Trinajstić information content (AvgIpc) is 2.86. The number of thiazole rings is 1. The van der Waals surface area contributed by atoms with Crippen molar-refractivity contribution in [3.05, 3.63) is 33.7 Å². The molecule has 1 aromatic heterocycles. The Bertz CT molecular complexity index is 778. The van der Waals surface area contributed by atoms with Crippen LogP contribution in [0.5, 0.6) is 0 Å². The molecule has 136 valence electrons.